The predicted octanol–water partition coefficient (Wildman–Crippen LogP) is 3.52. The monoisotopic (exact) mass is 467 g/mol. The maximum absolute atomic E-state index is 13.2. The molecule has 2 aliphatic heterocycles. The number of carbonyl (C=O) groups excluding carboxylic acids is 2. The summed E-state index contributed by atoms with van der Waals surface area (Å²) in [6, 6.07) is 20.0. The molecule has 1 aliphatic carbocycles. The fraction of sp³-hybridized carbons (Fsp3) is 0.400. The molecule has 35 heavy (non-hydrogen) atoms. The molecule has 0 N–H and O–H groups in total. The van der Waals surface area contributed by atoms with Crippen LogP contribution in [0, 0.1) is 23.2 Å². The van der Waals surface area contributed by atoms with Gasteiger partial charge in [-0.3, -0.25) is 14.5 Å². The molecule has 2 aromatic carbocycles. The first-order valence-corrected chi connectivity index (χ1v) is 12.7. The van der Waals surface area contributed by atoms with Gasteiger partial charge in [0.15, 0.2) is 0 Å². The number of amides is 2. The fourth-order valence-electron chi connectivity index (χ4n) is 5.40. The molecule has 5 nitrogen and oxygen atoms in total. The zero-order valence-corrected chi connectivity index (χ0v) is 20.2. The second kappa shape index (κ2) is 10.5. The number of nitrogens with zero attached hydrogens (tertiary/aromatic N) is 3. The van der Waals surface area contributed by atoms with Gasteiger partial charge in [-0.25, -0.2) is 0 Å². The average Bonchev–Trinajstić information content (AvgIpc) is 3.61. The van der Waals surface area contributed by atoms with Crippen LogP contribution in [0.3, 0.4) is 0 Å². The minimum absolute atomic E-state index is 0.107. The lowest BCUT2D eigenvalue weighted by atomic mass is 9.90. The van der Waals surface area contributed by atoms with Gasteiger partial charge in [-0.1, -0.05) is 66.6 Å². The molecule has 5 rings (SSSR count). The first kappa shape index (κ1) is 23.4. The van der Waals surface area contributed by atoms with Gasteiger partial charge in [-0.2, -0.15) is 0 Å². The van der Waals surface area contributed by atoms with E-state index < -0.39 is 0 Å². The van der Waals surface area contributed by atoms with Crippen molar-refractivity contribution in [3.05, 3.63) is 77.9 Å². The van der Waals surface area contributed by atoms with Gasteiger partial charge in [0.2, 0.25) is 5.91 Å². The lowest BCUT2D eigenvalue weighted by molar-refractivity contribution is -0.135. The summed E-state index contributed by atoms with van der Waals surface area (Å²) in [5.41, 5.74) is 2.18. The van der Waals surface area contributed by atoms with E-state index >= 15 is 0 Å². The number of benzene rings is 2. The van der Waals surface area contributed by atoms with Crippen LogP contribution < -0.4 is 0 Å². The Balaban J connectivity index is 1.05. The second-order valence-electron chi connectivity index (χ2n) is 9.97. The van der Waals surface area contributed by atoms with Gasteiger partial charge < -0.3 is 9.80 Å². The van der Waals surface area contributed by atoms with Crippen LogP contribution in [0.4, 0.5) is 0 Å². The highest BCUT2D eigenvalue weighted by molar-refractivity contribution is 5.94. The first-order valence-electron chi connectivity index (χ1n) is 12.7. The summed E-state index contributed by atoms with van der Waals surface area (Å²) < 4.78 is 0. The number of hydrogen-bond acceptors (Lipinski definition) is 3. The highest BCUT2D eigenvalue weighted by atomic mass is 16.2. The summed E-state index contributed by atoms with van der Waals surface area (Å²) in [5.74, 6) is 6.10. The van der Waals surface area contributed by atoms with E-state index in [0.29, 0.717) is 19.0 Å². The molecule has 0 aromatic heterocycles. The molecule has 5 heteroatoms. The minimum atomic E-state index is -0.107. The molecule has 0 bridgehead atoms. The number of likely N-dealkylation sites (tertiary alicyclic amines) is 1. The Morgan fingerprint density at radius 2 is 1.51 bits per heavy atom. The van der Waals surface area contributed by atoms with Crippen molar-refractivity contribution in [2.24, 2.45) is 11.3 Å². The molecule has 2 amide bonds. The van der Waals surface area contributed by atoms with E-state index in [1.807, 2.05) is 41.3 Å². The van der Waals surface area contributed by atoms with Crippen LogP contribution in [0.1, 0.15) is 30.4 Å². The van der Waals surface area contributed by atoms with E-state index in [1.54, 1.807) is 0 Å². The normalized spacial score (nSPS) is 21.5. The maximum Gasteiger partial charge on any atom is 0.298 e. The molecule has 2 aromatic rings. The van der Waals surface area contributed by atoms with Crippen LogP contribution in [-0.4, -0.2) is 72.3 Å². The minimum Gasteiger partial charge on any atom is -0.340 e. The summed E-state index contributed by atoms with van der Waals surface area (Å²) >= 11 is 0. The Morgan fingerprint density at radius 3 is 2.20 bits per heavy atom. The summed E-state index contributed by atoms with van der Waals surface area (Å²) in [7, 11) is 0. The molecule has 3 aliphatic rings. The van der Waals surface area contributed by atoms with Crippen LogP contribution in [-0.2, 0) is 9.59 Å². The standard InChI is InChI=1S/C30H33N3O2/c34-28(14-13-26-10-5-2-6-11-26)32-18-15-30(16-19-32)24-27(30)29(35)33-22-20-31(21-23-33)17-7-12-25-8-3-1-4-9-25/h1-12,27H,15-24H2. The highest BCUT2D eigenvalue weighted by Gasteiger charge is 2.59. The largest absolute Gasteiger partial charge is 0.340 e. The van der Waals surface area contributed by atoms with Gasteiger partial charge in [-0.15, -0.1) is 0 Å². The van der Waals surface area contributed by atoms with Crippen LogP contribution in [0.25, 0.3) is 6.08 Å². The van der Waals surface area contributed by atoms with E-state index in [-0.39, 0.29) is 17.2 Å². The summed E-state index contributed by atoms with van der Waals surface area (Å²) in [5, 5.41) is 0. The van der Waals surface area contributed by atoms with E-state index in [1.165, 1.54) is 5.56 Å². The maximum atomic E-state index is 13.2. The van der Waals surface area contributed by atoms with E-state index in [4.69, 9.17) is 0 Å². The topological polar surface area (TPSA) is 43.9 Å². The second-order valence-corrected chi connectivity index (χ2v) is 9.97. The molecule has 180 valence electrons. The van der Waals surface area contributed by atoms with Gasteiger partial charge in [0.05, 0.1) is 0 Å². The fourth-order valence-corrected chi connectivity index (χ4v) is 5.40. The van der Waals surface area contributed by atoms with Crippen molar-refractivity contribution in [1.82, 2.24) is 14.7 Å². The molecule has 3 fully saturated rings. The SMILES string of the molecule is O=C(C#Cc1ccccc1)N1CCC2(CC1)CC2C(=O)N1CCN(CC=Cc2ccccc2)CC1. The summed E-state index contributed by atoms with van der Waals surface area (Å²) in [6.45, 7) is 5.79. The summed E-state index contributed by atoms with van der Waals surface area (Å²) in [4.78, 5) is 32.1. The van der Waals surface area contributed by atoms with Gasteiger partial charge in [0.25, 0.3) is 5.91 Å². The van der Waals surface area contributed by atoms with Crippen molar-refractivity contribution < 1.29 is 9.59 Å². The number of rotatable bonds is 4. The lowest BCUT2D eigenvalue weighted by Gasteiger charge is -2.36. The predicted molar refractivity (Wildman–Crippen MR) is 138 cm³/mol. The van der Waals surface area contributed by atoms with Crippen molar-refractivity contribution in [2.45, 2.75) is 19.3 Å². The zero-order chi connectivity index (χ0) is 24.1. The van der Waals surface area contributed by atoms with E-state index in [2.05, 4.69) is 58.1 Å². The van der Waals surface area contributed by atoms with E-state index in [0.717, 1.165) is 57.5 Å². The molecule has 1 spiro atoms. The Morgan fingerprint density at radius 1 is 0.857 bits per heavy atom. The Bertz CT molecular complexity index is 1120. The Kier molecular flexibility index (Phi) is 7.01. The molecular formula is C30H33N3O2. The third-order valence-corrected chi connectivity index (χ3v) is 7.78. The van der Waals surface area contributed by atoms with E-state index in [9.17, 15) is 9.59 Å². The lowest BCUT2D eigenvalue weighted by Crippen LogP contribution is -2.49. The molecular weight excluding hydrogens is 434 g/mol. The van der Waals surface area contributed by atoms with Crippen molar-refractivity contribution in [3.8, 4) is 11.8 Å². The quantitative estimate of drug-likeness (QED) is 0.647. The average molecular weight is 468 g/mol. The number of carbonyl (C=O) groups is 2. The van der Waals surface area contributed by atoms with Gasteiger partial charge in [0.1, 0.15) is 0 Å². The third kappa shape index (κ3) is 5.66. The molecule has 1 atom stereocenters. The molecule has 1 unspecified atom stereocenters. The molecule has 0 radical (unpaired) electrons. The van der Waals surface area contributed by atoms with Crippen molar-refractivity contribution in [3.63, 3.8) is 0 Å². The molecule has 2 heterocycles. The Hall–Kier alpha value is -3.36. The first-order chi connectivity index (χ1) is 17.1. The number of piperidine rings is 1. The van der Waals surface area contributed by atoms with Gasteiger partial charge >= 0.3 is 0 Å². The van der Waals surface area contributed by atoms with Gasteiger partial charge in [-0.05, 0) is 42.4 Å². The van der Waals surface area contributed by atoms with Crippen LogP contribution in [0.15, 0.2) is 66.7 Å². The van der Waals surface area contributed by atoms with Crippen molar-refractivity contribution >= 4 is 17.9 Å². The van der Waals surface area contributed by atoms with Crippen LogP contribution >= 0.6 is 0 Å². The van der Waals surface area contributed by atoms with Gasteiger partial charge in [0, 0.05) is 63.2 Å². The summed E-state index contributed by atoms with van der Waals surface area (Å²) in [6.07, 6.45) is 7.17. The molecule has 2 saturated heterocycles. The van der Waals surface area contributed by atoms with Crippen molar-refractivity contribution in [2.75, 3.05) is 45.8 Å². The molecule has 1 saturated carbocycles. The Labute approximate surface area is 208 Å². The van der Waals surface area contributed by atoms with Crippen LogP contribution in [0.5, 0.6) is 0 Å². The third-order valence-electron chi connectivity index (χ3n) is 7.78. The smallest absolute Gasteiger partial charge is 0.298 e. The highest BCUT2D eigenvalue weighted by Crippen LogP contribution is 2.60. The number of piperazine rings is 1. The number of hydrogen-bond donors (Lipinski definition) is 0. The van der Waals surface area contributed by atoms with Crippen molar-refractivity contribution in [1.29, 1.82) is 0 Å². The zero-order valence-electron chi connectivity index (χ0n) is 20.2. The van der Waals surface area contributed by atoms with Crippen LogP contribution in [0.2, 0.25) is 0 Å².